The fourth-order valence-electron chi connectivity index (χ4n) is 2.89. The van der Waals surface area contributed by atoms with Crippen LogP contribution in [-0.4, -0.2) is 0 Å². The highest BCUT2D eigenvalue weighted by atomic mass is 14.3. The van der Waals surface area contributed by atoms with Gasteiger partial charge in [0.05, 0.1) is 0 Å². The van der Waals surface area contributed by atoms with Crippen molar-refractivity contribution in [3.8, 4) is 0 Å². The molecular formula is C14H28. The van der Waals surface area contributed by atoms with E-state index in [1.165, 1.54) is 38.5 Å². The molecule has 2 unspecified atom stereocenters. The molecule has 0 spiro atoms. The van der Waals surface area contributed by atoms with E-state index in [2.05, 4.69) is 27.7 Å². The van der Waals surface area contributed by atoms with Gasteiger partial charge in [0, 0.05) is 0 Å². The van der Waals surface area contributed by atoms with E-state index in [9.17, 15) is 0 Å². The first kappa shape index (κ1) is 12.1. The van der Waals surface area contributed by atoms with Crippen LogP contribution in [0.2, 0.25) is 0 Å². The maximum absolute atomic E-state index is 2.35. The van der Waals surface area contributed by atoms with Crippen LogP contribution in [0, 0.1) is 23.7 Å². The van der Waals surface area contributed by atoms with E-state index in [4.69, 9.17) is 0 Å². The van der Waals surface area contributed by atoms with Gasteiger partial charge in [0.2, 0.25) is 0 Å². The molecule has 0 heterocycles. The Labute approximate surface area is 90.5 Å². The lowest BCUT2D eigenvalue weighted by atomic mass is 9.75. The molecule has 0 heteroatoms. The van der Waals surface area contributed by atoms with E-state index < -0.39 is 0 Å². The second-order valence-corrected chi connectivity index (χ2v) is 5.87. The van der Waals surface area contributed by atoms with Crippen LogP contribution in [0.5, 0.6) is 0 Å². The molecule has 0 amide bonds. The molecule has 2 aliphatic rings. The van der Waals surface area contributed by atoms with Crippen LogP contribution in [-0.2, 0) is 0 Å². The molecule has 2 aliphatic carbocycles. The van der Waals surface area contributed by atoms with Gasteiger partial charge in [0.15, 0.2) is 0 Å². The van der Waals surface area contributed by atoms with Crippen LogP contribution in [0.15, 0.2) is 0 Å². The van der Waals surface area contributed by atoms with Gasteiger partial charge in [-0.25, -0.2) is 0 Å². The van der Waals surface area contributed by atoms with Gasteiger partial charge < -0.3 is 0 Å². The molecule has 84 valence electrons. The fourth-order valence-corrected chi connectivity index (χ4v) is 2.89. The summed E-state index contributed by atoms with van der Waals surface area (Å²) < 4.78 is 0. The zero-order valence-electron chi connectivity index (χ0n) is 10.6. The molecule has 2 saturated carbocycles. The molecule has 0 aromatic carbocycles. The Morgan fingerprint density at radius 3 is 1.43 bits per heavy atom. The minimum absolute atomic E-state index is 1.02. The molecule has 0 radical (unpaired) electrons. The maximum Gasteiger partial charge on any atom is -0.0412 e. The molecule has 0 aromatic heterocycles. The molecular weight excluding hydrogens is 168 g/mol. The molecule has 0 nitrogen and oxygen atoms in total. The average Bonchev–Trinajstić information content (AvgIpc) is 2.45. The Bertz CT molecular complexity index is 136. The van der Waals surface area contributed by atoms with E-state index in [0.717, 1.165) is 23.7 Å². The smallest absolute Gasteiger partial charge is 0.0412 e. The Morgan fingerprint density at radius 2 is 1.29 bits per heavy atom. The second-order valence-electron chi connectivity index (χ2n) is 5.87. The van der Waals surface area contributed by atoms with Crippen LogP contribution in [0.3, 0.4) is 0 Å². The lowest BCUT2D eigenvalue weighted by Crippen LogP contribution is -2.19. The summed E-state index contributed by atoms with van der Waals surface area (Å²) in [5, 5.41) is 0. The summed E-state index contributed by atoms with van der Waals surface area (Å²) in [6, 6.07) is 0. The zero-order valence-corrected chi connectivity index (χ0v) is 10.6. The normalized spacial score (nSPS) is 41.1. The topological polar surface area (TPSA) is 0 Å². The summed E-state index contributed by atoms with van der Waals surface area (Å²) >= 11 is 0. The largest absolute Gasteiger partial charge is 0.0651 e. The monoisotopic (exact) mass is 196 g/mol. The number of hydrogen-bond donors (Lipinski definition) is 0. The van der Waals surface area contributed by atoms with Gasteiger partial charge in [-0.1, -0.05) is 47.0 Å². The van der Waals surface area contributed by atoms with Gasteiger partial charge >= 0.3 is 0 Å². The third-order valence-corrected chi connectivity index (χ3v) is 4.01. The number of hydrogen-bond acceptors (Lipinski definition) is 0. The molecule has 0 bridgehead atoms. The molecule has 0 aliphatic heterocycles. The van der Waals surface area contributed by atoms with Gasteiger partial charge in [-0.2, -0.15) is 0 Å². The van der Waals surface area contributed by atoms with E-state index >= 15 is 0 Å². The SMILES string of the molecule is CC1CCC(C)C1.CCC1CC(C)C1. The maximum atomic E-state index is 2.35. The standard InChI is InChI=1S/2C7H14/c1-6-3-4-7(2)5-6;1-3-7-4-6(2)5-7/h2*6-7H,3-5H2,1-2H3. The van der Waals surface area contributed by atoms with Crippen molar-refractivity contribution < 1.29 is 0 Å². The molecule has 2 rings (SSSR count). The van der Waals surface area contributed by atoms with Crippen LogP contribution < -0.4 is 0 Å². The molecule has 0 aromatic rings. The van der Waals surface area contributed by atoms with Crippen molar-refractivity contribution in [3.63, 3.8) is 0 Å². The Balaban J connectivity index is 0.000000140. The summed E-state index contributed by atoms with van der Waals surface area (Å²) in [6.07, 6.45) is 8.82. The van der Waals surface area contributed by atoms with Crippen molar-refractivity contribution in [2.45, 2.75) is 66.2 Å². The first-order valence-corrected chi connectivity index (χ1v) is 6.61. The Hall–Kier alpha value is 0. The highest BCUT2D eigenvalue weighted by molar-refractivity contribution is 4.74. The van der Waals surface area contributed by atoms with E-state index in [1.54, 1.807) is 0 Å². The lowest BCUT2D eigenvalue weighted by molar-refractivity contribution is 0.206. The fraction of sp³-hybridized carbons (Fsp3) is 1.00. The predicted molar refractivity (Wildman–Crippen MR) is 64.4 cm³/mol. The van der Waals surface area contributed by atoms with Gasteiger partial charge in [0.1, 0.15) is 0 Å². The molecule has 2 fully saturated rings. The first-order chi connectivity index (χ1) is 6.61. The first-order valence-electron chi connectivity index (χ1n) is 6.61. The van der Waals surface area contributed by atoms with Gasteiger partial charge in [-0.05, 0) is 42.9 Å². The molecule has 0 N–H and O–H groups in total. The van der Waals surface area contributed by atoms with E-state index in [-0.39, 0.29) is 0 Å². The third kappa shape index (κ3) is 4.02. The van der Waals surface area contributed by atoms with E-state index in [1.807, 2.05) is 0 Å². The van der Waals surface area contributed by atoms with Crippen LogP contribution in [0.4, 0.5) is 0 Å². The third-order valence-electron chi connectivity index (χ3n) is 4.01. The van der Waals surface area contributed by atoms with Crippen LogP contribution >= 0.6 is 0 Å². The Kier molecular flexibility index (Phi) is 4.98. The summed E-state index contributed by atoms with van der Waals surface area (Å²) in [7, 11) is 0. The van der Waals surface area contributed by atoms with Crippen LogP contribution in [0.1, 0.15) is 66.2 Å². The van der Waals surface area contributed by atoms with Crippen molar-refractivity contribution in [1.82, 2.24) is 0 Å². The summed E-state index contributed by atoms with van der Waals surface area (Å²) in [5.41, 5.74) is 0. The zero-order chi connectivity index (χ0) is 10.6. The Morgan fingerprint density at radius 1 is 0.786 bits per heavy atom. The minimum atomic E-state index is 1.02. The van der Waals surface area contributed by atoms with Gasteiger partial charge in [-0.3, -0.25) is 0 Å². The minimum Gasteiger partial charge on any atom is -0.0651 e. The van der Waals surface area contributed by atoms with Crippen LogP contribution in [0.25, 0.3) is 0 Å². The van der Waals surface area contributed by atoms with E-state index in [0.29, 0.717) is 0 Å². The average molecular weight is 196 g/mol. The quantitative estimate of drug-likeness (QED) is 0.560. The summed E-state index contributed by atoms with van der Waals surface area (Å²) in [4.78, 5) is 0. The lowest BCUT2D eigenvalue weighted by Gasteiger charge is -2.31. The summed E-state index contributed by atoms with van der Waals surface area (Å²) in [6.45, 7) is 9.33. The molecule has 2 atom stereocenters. The molecule has 0 saturated heterocycles. The highest BCUT2D eigenvalue weighted by Gasteiger charge is 2.22. The van der Waals surface area contributed by atoms with Crippen molar-refractivity contribution in [2.75, 3.05) is 0 Å². The number of rotatable bonds is 1. The van der Waals surface area contributed by atoms with Gasteiger partial charge in [-0.15, -0.1) is 0 Å². The van der Waals surface area contributed by atoms with Gasteiger partial charge in [0.25, 0.3) is 0 Å². The van der Waals surface area contributed by atoms with Crippen molar-refractivity contribution in [2.24, 2.45) is 23.7 Å². The highest BCUT2D eigenvalue weighted by Crippen LogP contribution is 2.34. The van der Waals surface area contributed by atoms with Crippen molar-refractivity contribution >= 4 is 0 Å². The molecule has 14 heavy (non-hydrogen) atoms. The predicted octanol–water partition coefficient (Wildman–Crippen LogP) is 4.89. The summed E-state index contributed by atoms with van der Waals surface area (Å²) in [5.74, 6) is 4.19. The van der Waals surface area contributed by atoms with Crippen molar-refractivity contribution in [1.29, 1.82) is 0 Å². The van der Waals surface area contributed by atoms with Crippen molar-refractivity contribution in [3.05, 3.63) is 0 Å². The second kappa shape index (κ2) is 5.78.